The van der Waals surface area contributed by atoms with E-state index >= 15 is 0 Å². The van der Waals surface area contributed by atoms with Gasteiger partial charge in [0.15, 0.2) is 6.10 Å². The van der Waals surface area contributed by atoms with Crippen LogP contribution in [-0.2, 0) is 4.79 Å². The first kappa shape index (κ1) is 18.3. The molecule has 1 atom stereocenters. The van der Waals surface area contributed by atoms with Crippen molar-refractivity contribution in [2.75, 3.05) is 5.32 Å². The summed E-state index contributed by atoms with van der Waals surface area (Å²) in [6.45, 7) is -1.45. The third-order valence-corrected chi connectivity index (χ3v) is 3.50. The molecule has 0 fully saturated rings. The van der Waals surface area contributed by atoms with Gasteiger partial charge >= 0.3 is 6.61 Å². The van der Waals surface area contributed by atoms with Gasteiger partial charge in [-0.25, -0.2) is 0 Å². The summed E-state index contributed by atoms with van der Waals surface area (Å²) in [6.07, 6.45) is 0.348. The number of rotatable bonds is 7. The van der Waals surface area contributed by atoms with Gasteiger partial charge in [-0.1, -0.05) is 12.1 Å². The smallest absolute Gasteiger partial charge is 0.387 e. The van der Waals surface area contributed by atoms with Gasteiger partial charge in [-0.15, -0.1) is 10.2 Å². The molecule has 140 valence electrons. The van der Waals surface area contributed by atoms with Crippen molar-refractivity contribution in [1.82, 2.24) is 10.2 Å². The van der Waals surface area contributed by atoms with Crippen molar-refractivity contribution in [3.63, 3.8) is 0 Å². The van der Waals surface area contributed by atoms with Gasteiger partial charge in [0, 0.05) is 5.56 Å². The molecule has 0 saturated carbocycles. The molecule has 0 aliphatic heterocycles. The topological polar surface area (TPSA) is 86.5 Å². The first-order chi connectivity index (χ1) is 13.0. The monoisotopic (exact) mass is 375 g/mol. The number of benzene rings is 2. The first-order valence-electron chi connectivity index (χ1n) is 7.91. The number of hydrogen-bond donors (Lipinski definition) is 1. The van der Waals surface area contributed by atoms with E-state index in [0.717, 1.165) is 0 Å². The lowest BCUT2D eigenvalue weighted by Gasteiger charge is -2.16. The Labute approximate surface area is 152 Å². The van der Waals surface area contributed by atoms with Crippen LogP contribution in [0.5, 0.6) is 11.5 Å². The maximum atomic E-state index is 12.4. The Morgan fingerprint density at radius 1 is 1.11 bits per heavy atom. The van der Waals surface area contributed by atoms with Gasteiger partial charge in [0.2, 0.25) is 12.3 Å². The molecule has 1 heterocycles. The minimum atomic E-state index is -2.99. The van der Waals surface area contributed by atoms with Gasteiger partial charge in [-0.05, 0) is 43.3 Å². The Bertz CT molecular complexity index is 886. The van der Waals surface area contributed by atoms with Crippen LogP contribution in [0.25, 0.3) is 11.5 Å². The Balaban J connectivity index is 1.63. The van der Waals surface area contributed by atoms with Crippen molar-refractivity contribution in [2.45, 2.75) is 19.6 Å². The van der Waals surface area contributed by atoms with Crippen LogP contribution < -0.4 is 14.8 Å². The number of aromatic nitrogens is 2. The normalized spacial score (nSPS) is 11.9. The minimum absolute atomic E-state index is 0.128. The molecule has 1 unspecified atom stereocenters. The van der Waals surface area contributed by atoms with E-state index in [9.17, 15) is 13.6 Å². The molecule has 0 saturated heterocycles. The highest BCUT2D eigenvalue weighted by Gasteiger charge is 2.18. The highest BCUT2D eigenvalue weighted by molar-refractivity contribution is 5.95. The van der Waals surface area contributed by atoms with Crippen LogP contribution >= 0.6 is 0 Å². The van der Waals surface area contributed by atoms with Crippen LogP contribution in [0.3, 0.4) is 0 Å². The summed E-state index contributed by atoms with van der Waals surface area (Å²) in [7, 11) is 0. The van der Waals surface area contributed by atoms with E-state index in [0.29, 0.717) is 17.2 Å². The van der Waals surface area contributed by atoms with Crippen molar-refractivity contribution in [2.24, 2.45) is 0 Å². The quantitative estimate of drug-likeness (QED) is 0.677. The minimum Gasteiger partial charge on any atom is -0.481 e. The summed E-state index contributed by atoms with van der Waals surface area (Å²) < 4.78 is 39.9. The fourth-order valence-electron chi connectivity index (χ4n) is 2.24. The summed E-state index contributed by atoms with van der Waals surface area (Å²) in [4.78, 5) is 12.3. The molecule has 7 nitrogen and oxygen atoms in total. The van der Waals surface area contributed by atoms with E-state index in [2.05, 4.69) is 20.3 Å². The largest absolute Gasteiger partial charge is 0.481 e. The molecule has 1 aromatic heterocycles. The summed E-state index contributed by atoms with van der Waals surface area (Å²) in [5.74, 6) is 0.166. The van der Waals surface area contributed by atoms with E-state index in [4.69, 9.17) is 9.15 Å². The fourth-order valence-corrected chi connectivity index (χ4v) is 2.24. The number of hydrogen-bond acceptors (Lipinski definition) is 6. The molecular weight excluding hydrogens is 360 g/mol. The number of nitrogens with one attached hydrogen (secondary N) is 1. The van der Waals surface area contributed by atoms with Gasteiger partial charge < -0.3 is 19.2 Å². The van der Waals surface area contributed by atoms with Gasteiger partial charge in [-0.2, -0.15) is 8.78 Å². The number of carbonyl (C=O) groups is 1. The summed E-state index contributed by atoms with van der Waals surface area (Å²) in [6, 6.07) is 12.6. The molecule has 0 aliphatic carbocycles. The average Bonchev–Trinajstić information content (AvgIpc) is 3.18. The molecule has 9 heteroatoms. The fraction of sp³-hybridized carbons (Fsp3) is 0.167. The van der Waals surface area contributed by atoms with Crippen LogP contribution in [0.15, 0.2) is 59.3 Å². The lowest BCUT2D eigenvalue weighted by Crippen LogP contribution is -2.30. The van der Waals surface area contributed by atoms with Gasteiger partial charge in [0.05, 0.1) is 5.69 Å². The number of halogens is 2. The Kier molecular flexibility index (Phi) is 5.60. The second-order valence-electron chi connectivity index (χ2n) is 5.39. The Morgan fingerprint density at radius 2 is 1.85 bits per heavy atom. The van der Waals surface area contributed by atoms with E-state index in [1.165, 1.54) is 31.5 Å². The van der Waals surface area contributed by atoms with Crippen LogP contribution in [0.4, 0.5) is 14.5 Å². The number of nitrogens with zero attached hydrogens (tertiary/aromatic N) is 2. The summed E-state index contributed by atoms with van der Waals surface area (Å²) in [5, 5.41) is 9.91. The molecule has 0 aliphatic rings. The van der Waals surface area contributed by atoms with Crippen molar-refractivity contribution < 1.29 is 27.5 Å². The van der Waals surface area contributed by atoms with Gasteiger partial charge in [-0.3, -0.25) is 4.79 Å². The number of para-hydroxylation sites is 2. The predicted molar refractivity (Wildman–Crippen MR) is 91.5 cm³/mol. The van der Waals surface area contributed by atoms with E-state index in [1.54, 1.807) is 30.3 Å². The zero-order chi connectivity index (χ0) is 19.2. The molecule has 3 rings (SSSR count). The van der Waals surface area contributed by atoms with Crippen molar-refractivity contribution in [3.8, 4) is 23.0 Å². The van der Waals surface area contributed by atoms with Crippen molar-refractivity contribution in [3.05, 3.63) is 54.9 Å². The van der Waals surface area contributed by atoms with E-state index in [1.807, 2.05) is 0 Å². The molecule has 3 aromatic rings. The molecule has 27 heavy (non-hydrogen) atoms. The van der Waals surface area contributed by atoms with E-state index in [-0.39, 0.29) is 11.4 Å². The lowest BCUT2D eigenvalue weighted by atomic mass is 10.2. The molecular formula is C18H15F2N3O4. The standard InChI is InChI=1S/C18H15F2N3O4/c1-11(16(24)22-14-4-2-3-5-15(14)27-18(19)20)26-13-8-6-12(7-9-13)17-23-21-10-25-17/h2-11,18H,1H3,(H,22,24). The third-order valence-electron chi connectivity index (χ3n) is 3.50. The molecule has 1 N–H and O–H groups in total. The maximum Gasteiger partial charge on any atom is 0.387 e. The number of alkyl halides is 2. The zero-order valence-electron chi connectivity index (χ0n) is 14.1. The van der Waals surface area contributed by atoms with E-state index < -0.39 is 18.6 Å². The van der Waals surface area contributed by atoms with Crippen molar-refractivity contribution >= 4 is 11.6 Å². The zero-order valence-corrected chi connectivity index (χ0v) is 14.1. The Hall–Kier alpha value is -3.49. The first-order valence-corrected chi connectivity index (χ1v) is 7.91. The lowest BCUT2D eigenvalue weighted by molar-refractivity contribution is -0.122. The number of carbonyl (C=O) groups excluding carboxylic acids is 1. The molecule has 0 spiro atoms. The van der Waals surface area contributed by atoms with Gasteiger partial charge in [0.1, 0.15) is 11.5 Å². The van der Waals surface area contributed by atoms with Crippen molar-refractivity contribution in [1.29, 1.82) is 0 Å². The Morgan fingerprint density at radius 3 is 2.52 bits per heavy atom. The number of amides is 1. The number of anilines is 1. The third kappa shape index (κ3) is 4.78. The van der Waals surface area contributed by atoms with Crippen LogP contribution in [0.2, 0.25) is 0 Å². The van der Waals surface area contributed by atoms with Crippen LogP contribution in [0.1, 0.15) is 6.92 Å². The van der Waals surface area contributed by atoms with Crippen LogP contribution in [-0.4, -0.2) is 28.8 Å². The maximum absolute atomic E-state index is 12.4. The second kappa shape index (κ2) is 8.26. The summed E-state index contributed by atoms with van der Waals surface area (Å²) >= 11 is 0. The highest BCUT2D eigenvalue weighted by Crippen LogP contribution is 2.26. The highest BCUT2D eigenvalue weighted by atomic mass is 19.3. The van der Waals surface area contributed by atoms with Crippen LogP contribution in [0, 0.1) is 0 Å². The molecule has 2 aromatic carbocycles. The summed E-state index contributed by atoms with van der Waals surface area (Å²) in [5.41, 5.74) is 0.833. The molecule has 0 radical (unpaired) electrons. The second-order valence-corrected chi connectivity index (χ2v) is 5.39. The predicted octanol–water partition coefficient (Wildman–Crippen LogP) is 3.74. The number of ether oxygens (including phenoxy) is 2. The average molecular weight is 375 g/mol. The molecule has 0 bridgehead atoms. The SMILES string of the molecule is CC(Oc1ccc(-c2nnco2)cc1)C(=O)Nc1ccccc1OC(F)F. The molecule has 1 amide bonds. The van der Waals surface area contributed by atoms with Gasteiger partial charge in [0.25, 0.3) is 5.91 Å².